The van der Waals surface area contributed by atoms with Gasteiger partial charge in [0, 0.05) is 32.7 Å². The zero-order valence-electron chi connectivity index (χ0n) is 12.6. The fraction of sp³-hybridized carbons (Fsp3) is 0.562. The number of nitrogens with two attached hydrogens (primary N) is 1. The van der Waals surface area contributed by atoms with Crippen LogP contribution in [0.15, 0.2) is 24.3 Å². The zero-order valence-corrected chi connectivity index (χ0v) is 13.4. The van der Waals surface area contributed by atoms with E-state index in [0.29, 0.717) is 18.0 Å². The van der Waals surface area contributed by atoms with E-state index in [9.17, 15) is 0 Å². The highest BCUT2D eigenvalue weighted by atomic mass is 32.1. The van der Waals surface area contributed by atoms with Gasteiger partial charge in [0.2, 0.25) is 0 Å². The Morgan fingerprint density at radius 1 is 1.24 bits per heavy atom. The Kier molecular flexibility index (Phi) is 6.42. The molecule has 1 aromatic rings. The van der Waals surface area contributed by atoms with Crippen molar-refractivity contribution in [3.8, 4) is 5.75 Å². The summed E-state index contributed by atoms with van der Waals surface area (Å²) in [5, 5.41) is 0. The topological polar surface area (TPSA) is 47.7 Å². The van der Waals surface area contributed by atoms with E-state index in [0.717, 1.165) is 37.1 Å². The molecule has 0 atom stereocenters. The maximum atomic E-state index is 5.81. The second-order valence-corrected chi connectivity index (χ2v) is 5.92. The van der Waals surface area contributed by atoms with E-state index in [1.54, 1.807) is 7.11 Å². The van der Waals surface area contributed by atoms with Gasteiger partial charge in [0.15, 0.2) is 0 Å². The number of methoxy groups -OCH3 is 1. The first-order chi connectivity index (χ1) is 10.2. The third-order valence-corrected chi connectivity index (χ3v) is 3.74. The standard InChI is InChI=1S/C16H24N2O2S/c1-19-10-8-18(14-4-5-14)9-11-20-15-6-2-13(3-7-15)12-16(17)21/h2-3,6-7,14H,4-5,8-12H2,1H3,(H2,17,21). The van der Waals surface area contributed by atoms with Crippen molar-refractivity contribution in [2.24, 2.45) is 5.73 Å². The quantitative estimate of drug-likeness (QED) is 0.670. The minimum Gasteiger partial charge on any atom is -0.492 e. The fourth-order valence-corrected chi connectivity index (χ4v) is 2.48. The lowest BCUT2D eigenvalue weighted by Gasteiger charge is -2.21. The summed E-state index contributed by atoms with van der Waals surface area (Å²) in [5.74, 6) is 0.893. The highest BCUT2D eigenvalue weighted by Gasteiger charge is 2.28. The predicted molar refractivity (Wildman–Crippen MR) is 88.9 cm³/mol. The van der Waals surface area contributed by atoms with Crippen LogP contribution in [0, 0.1) is 0 Å². The Labute approximate surface area is 132 Å². The molecule has 1 fully saturated rings. The molecule has 0 aliphatic heterocycles. The van der Waals surface area contributed by atoms with E-state index in [1.165, 1.54) is 12.8 Å². The molecular formula is C16H24N2O2S. The minimum atomic E-state index is 0.516. The minimum absolute atomic E-state index is 0.516. The summed E-state index contributed by atoms with van der Waals surface area (Å²) in [5.41, 5.74) is 6.65. The van der Waals surface area contributed by atoms with Crippen LogP contribution >= 0.6 is 12.2 Å². The average molecular weight is 308 g/mol. The lowest BCUT2D eigenvalue weighted by Crippen LogP contribution is -2.33. The Hall–Kier alpha value is -1.17. The average Bonchev–Trinajstić information content (AvgIpc) is 3.28. The molecule has 116 valence electrons. The van der Waals surface area contributed by atoms with Gasteiger partial charge in [-0.25, -0.2) is 0 Å². The molecule has 0 radical (unpaired) electrons. The normalized spacial score (nSPS) is 14.4. The first-order valence-corrected chi connectivity index (χ1v) is 7.83. The van der Waals surface area contributed by atoms with Gasteiger partial charge in [-0.3, -0.25) is 4.90 Å². The van der Waals surface area contributed by atoms with Crippen LogP contribution in [0.4, 0.5) is 0 Å². The number of ether oxygens (including phenoxy) is 2. The summed E-state index contributed by atoms with van der Waals surface area (Å²) in [6.07, 6.45) is 3.25. The Morgan fingerprint density at radius 2 is 1.90 bits per heavy atom. The number of hydrogen-bond acceptors (Lipinski definition) is 4. The zero-order chi connectivity index (χ0) is 15.1. The van der Waals surface area contributed by atoms with Gasteiger partial charge in [-0.15, -0.1) is 0 Å². The number of thiocarbonyl (C=S) groups is 1. The first-order valence-electron chi connectivity index (χ1n) is 7.42. The monoisotopic (exact) mass is 308 g/mol. The Morgan fingerprint density at radius 3 is 2.48 bits per heavy atom. The van der Waals surface area contributed by atoms with Crippen molar-refractivity contribution in [1.29, 1.82) is 0 Å². The van der Waals surface area contributed by atoms with Gasteiger partial charge in [-0.2, -0.15) is 0 Å². The second kappa shape index (κ2) is 8.32. The molecule has 0 amide bonds. The molecule has 5 heteroatoms. The molecule has 21 heavy (non-hydrogen) atoms. The molecule has 4 nitrogen and oxygen atoms in total. The highest BCUT2D eigenvalue weighted by Crippen LogP contribution is 2.26. The van der Waals surface area contributed by atoms with Gasteiger partial charge in [0.05, 0.1) is 11.6 Å². The Bertz CT molecular complexity index is 446. The largest absolute Gasteiger partial charge is 0.492 e. The summed E-state index contributed by atoms with van der Waals surface area (Å²) >= 11 is 4.90. The summed E-state index contributed by atoms with van der Waals surface area (Å²) in [6, 6.07) is 8.71. The van der Waals surface area contributed by atoms with Crippen molar-refractivity contribution in [2.45, 2.75) is 25.3 Å². The van der Waals surface area contributed by atoms with Crippen LogP contribution in [-0.4, -0.2) is 49.3 Å². The SMILES string of the molecule is COCCN(CCOc1ccc(CC(N)=S)cc1)C1CC1. The molecule has 1 aliphatic carbocycles. The maximum absolute atomic E-state index is 5.81. The van der Waals surface area contributed by atoms with E-state index in [-0.39, 0.29) is 0 Å². The molecule has 1 aliphatic rings. The van der Waals surface area contributed by atoms with Crippen molar-refractivity contribution in [3.05, 3.63) is 29.8 Å². The van der Waals surface area contributed by atoms with Crippen LogP contribution in [0.25, 0.3) is 0 Å². The van der Waals surface area contributed by atoms with Crippen LogP contribution in [0.1, 0.15) is 18.4 Å². The first kappa shape index (κ1) is 16.2. The summed E-state index contributed by atoms with van der Waals surface area (Å²) in [6.45, 7) is 3.42. The van der Waals surface area contributed by atoms with E-state index >= 15 is 0 Å². The molecular weight excluding hydrogens is 284 g/mol. The third kappa shape index (κ3) is 5.99. The van der Waals surface area contributed by atoms with Crippen molar-refractivity contribution < 1.29 is 9.47 Å². The summed E-state index contributed by atoms with van der Waals surface area (Å²) in [4.78, 5) is 2.96. The second-order valence-electron chi connectivity index (χ2n) is 5.40. The van der Waals surface area contributed by atoms with Gasteiger partial charge in [-0.05, 0) is 30.5 Å². The molecule has 2 N–H and O–H groups in total. The van der Waals surface area contributed by atoms with Crippen LogP contribution in [0.2, 0.25) is 0 Å². The number of hydrogen-bond donors (Lipinski definition) is 1. The van der Waals surface area contributed by atoms with E-state index < -0.39 is 0 Å². The summed E-state index contributed by atoms with van der Waals surface area (Å²) in [7, 11) is 1.75. The molecule has 0 aromatic heterocycles. The fourth-order valence-electron chi connectivity index (χ4n) is 2.31. The molecule has 0 spiro atoms. The van der Waals surface area contributed by atoms with E-state index in [2.05, 4.69) is 4.90 Å². The third-order valence-electron chi connectivity index (χ3n) is 3.59. The van der Waals surface area contributed by atoms with Crippen LogP contribution < -0.4 is 10.5 Å². The van der Waals surface area contributed by atoms with Crippen molar-refractivity contribution >= 4 is 17.2 Å². The lowest BCUT2D eigenvalue weighted by atomic mass is 10.1. The molecule has 2 rings (SSSR count). The van der Waals surface area contributed by atoms with Crippen LogP contribution in [-0.2, 0) is 11.2 Å². The molecule has 0 bridgehead atoms. The van der Waals surface area contributed by atoms with Gasteiger partial charge in [-0.1, -0.05) is 24.4 Å². The molecule has 1 aromatic carbocycles. The molecule has 1 saturated carbocycles. The number of rotatable bonds is 10. The predicted octanol–water partition coefficient (Wildman–Crippen LogP) is 2.00. The Balaban J connectivity index is 1.73. The number of nitrogens with zero attached hydrogens (tertiary/aromatic N) is 1. The lowest BCUT2D eigenvalue weighted by molar-refractivity contribution is 0.130. The molecule has 0 unspecified atom stereocenters. The van der Waals surface area contributed by atoms with E-state index in [1.807, 2.05) is 24.3 Å². The van der Waals surface area contributed by atoms with Gasteiger partial charge < -0.3 is 15.2 Å². The van der Waals surface area contributed by atoms with Crippen molar-refractivity contribution in [1.82, 2.24) is 4.90 Å². The molecule has 0 saturated heterocycles. The van der Waals surface area contributed by atoms with Crippen LogP contribution in [0.3, 0.4) is 0 Å². The maximum Gasteiger partial charge on any atom is 0.119 e. The highest BCUT2D eigenvalue weighted by molar-refractivity contribution is 7.80. The van der Waals surface area contributed by atoms with Crippen LogP contribution in [0.5, 0.6) is 5.75 Å². The molecule has 0 heterocycles. The van der Waals surface area contributed by atoms with Gasteiger partial charge in [0.25, 0.3) is 0 Å². The summed E-state index contributed by atoms with van der Waals surface area (Å²) < 4.78 is 11.0. The van der Waals surface area contributed by atoms with Crippen molar-refractivity contribution in [3.63, 3.8) is 0 Å². The van der Waals surface area contributed by atoms with Gasteiger partial charge in [0.1, 0.15) is 12.4 Å². The van der Waals surface area contributed by atoms with Crippen molar-refractivity contribution in [2.75, 3.05) is 33.4 Å². The smallest absolute Gasteiger partial charge is 0.119 e. The van der Waals surface area contributed by atoms with Gasteiger partial charge >= 0.3 is 0 Å². The number of benzene rings is 1. The van der Waals surface area contributed by atoms with E-state index in [4.69, 9.17) is 27.4 Å².